The lowest BCUT2D eigenvalue weighted by atomic mass is 10.6. The van der Waals surface area contributed by atoms with E-state index >= 15 is 0 Å². The van der Waals surface area contributed by atoms with Crippen LogP contribution in [0.2, 0.25) is 0 Å². The molecule has 1 rings (SSSR count). The van der Waals surface area contributed by atoms with Crippen LogP contribution in [-0.4, -0.2) is 38.2 Å². The standard InChI is InChI=1S/C6H9N5O2S/c1-7-6(14)8-4-2-11(10-9-4)3-5(12)13/h2H,3H2,1H3,(H,12,13)(H2,7,8,14). The summed E-state index contributed by atoms with van der Waals surface area (Å²) in [5, 5.41) is 21.5. The minimum atomic E-state index is -0.974. The maximum atomic E-state index is 10.3. The molecule has 1 aromatic heterocycles. The first-order chi connectivity index (χ1) is 6.61. The molecular weight excluding hydrogens is 206 g/mol. The number of aliphatic carboxylic acids is 1. The first-order valence-electron chi connectivity index (χ1n) is 3.72. The van der Waals surface area contributed by atoms with E-state index in [9.17, 15) is 4.79 Å². The van der Waals surface area contributed by atoms with Crippen molar-refractivity contribution in [1.29, 1.82) is 0 Å². The van der Waals surface area contributed by atoms with Gasteiger partial charge in [0, 0.05) is 7.05 Å². The lowest BCUT2D eigenvalue weighted by Gasteiger charge is -2.00. The number of rotatable bonds is 3. The van der Waals surface area contributed by atoms with E-state index in [0.29, 0.717) is 10.9 Å². The van der Waals surface area contributed by atoms with Crippen LogP contribution in [0, 0.1) is 0 Å². The zero-order valence-electron chi connectivity index (χ0n) is 7.39. The zero-order chi connectivity index (χ0) is 10.6. The molecule has 14 heavy (non-hydrogen) atoms. The number of hydrogen-bond donors (Lipinski definition) is 3. The van der Waals surface area contributed by atoms with Gasteiger partial charge in [0.1, 0.15) is 6.54 Å². The number of carboxylic acids is 1. The number of thiocarbonyl (C=S) groups is 1. The van der Waals surface area contributed by atoms with Crippen molar-refractivity contribution in [1.82, 2.24) is 20.3 Å². The molecule has 76 valence electrons. The summed E-state index contributed by atoms with van der Waals surface area (Å²) in [7, 11) is 1.66. The van der Waals surface area contributed by atoms with Crippen molar-refractivity contribution in [3.63, 3.8) is 0 Å². The van der Waals surface area contributed by atoms with Crippen LogP contribution in [0.5, 0.6) is 0 Å². The molecule has 0 bridgehead atoms. The minimum absolute atomic E-state index is 0.221. The molecule has 0 atom stereocenters. The number of nitrogens with zero attached hydrogens (tertiary/aromatic N) is 3. The molecule has 0 saturated heterocycles. The molecule has 3 N–H and O–H groups in total. The molecule has 0 unspecified atom stereocenters. The van der Waals surface area contributed by atoms with Crippen molar-refractivity contribution in [2.45, 2.75) is 6.54 Å². The zero-order valence-corrected chi connectivity index (χ0v) is 8.21. The fourth-order valence-electron chi connectivity index (χ4n) is 0.750. The molecule has 0 aliphatic heterocycles. The van der Waals surface area contributed by atoms with Gasteiger partial charge in [0.25, 0.3) is 0 Å². The van der Waals surface area contributed by atoms with E-state index in [1.165, 1.54) is 10.9 Å². The maximum Gasteiger partial charge on any atom is 0.325 e. The summed E-state index contributed by atoms with van der Waals surface area (Å²) >= 11 is 4.82. The first kappa shape index (κ1) is 10.4. The Morgan fingerprint density at radius 3 is 3.07 bits per heavy atom. The second-order valence-electron chi connectivity index (χ2n) is 2.40. The van der Waals surface area contributed by atoms with Gasteiger partial charge in [0.2, 0.25) is 0 Å². The molecule has 7 nitrogen and oxygen atoms in total. The molecule has 0 aliphatic rings. The van der Waals surface area contributed by atoms with Gasteiger partial charge in [-0.15, -0.1) is 5.10 Å². The van der Waals surface area contributed by atoms with Crippen LogP contribution < -0.4 is 10.6 Å². The van der Waals surface area contributed by atoms with Crippen LogP contribution in [0.1, 0.15) is 0 Å². The van der Waals surface area contributed by atoms with Crippen LogP contribution in [0.4, 0.5) is 5.82 Å². The Morgan fingerprint density at radius 1 is 1.79 bits per heavy atom. The molecule has 0 saturated carbocycles. The SMILES string of the molecule is CNC(=S)Nc1cn(CC(=O)O)nn1. The van der Waals surface area contributed by atoms with Gasteiger partial charge in [-0.25, -0.2) is 4.68 Å². The van der Waals surface area contributed by atoms with Gasteiger partial charge in [-0.3, -0.25) is 4.79 Å². The highest BCUT2D eigenvalue weighted by Crippen LogP contribution is 1.98. The molecule has 0 amide bonds. The summed E-state index contributed by atoms with van der Waals surface area (Å²) in [6, 6.07) is 0. The van der Waals surface area contributed by atoms with E-state index in [1.54, 1.807) is 7.05 Å². The normalized spacial score (nSPS) is 9.50. The predicted octanol–water partition coefficient (Wildman–Crippen LogP) is -0.721. The fraction of sp³-hybridized carbons (Fsp3) is 0.333. The highest BCUT2D eigenvalue weighted by Gasteiger charge is 2.04. The highest BCUT2D eigenvalue weighted by atomic mass is 32.1. The van der Waals surface area contributed by atoms with Gasteiger partial charge in [-0.2, -0.15) is 0 Å². The number of anilines is 1. The van der Waals surface area contributed by atoms with Crippen molar-refractivity contribution in [2.24, 2.45) is 0 Å². The molecule has 1 heterocycles. The Hall–Kier alpha value is -1.70. The first-order valence-corrected chi connectivity index (χ1v) is 4.13. The quantitative estimate of drug-likeness (QED) is 0.573. The number of carboxylic acid groups (broad SMARTS) is 1. The molecule has 1 aromatic rings. The van der Waals surface area contributed by atoms with E-state index in [2.05, 4.69) is 20.9 Å². The maximum absolute atomic E-state index is 10.3. The summed E-state index contributed by atoms with van der Waals surface area (Å²) in [5.74, 6) is -0.566. The topological polar surface area (TPSA) is 92.1 Å². The van der Waals surface area contributed by atoms with Gasteiger partial charge in [-0.1, -0.05) is 5.21 Å². The monoisotopic (exact) mass is 215 g/mol. The Bertz CT molecular complexity index is 350. The molecule has 0 fully saturated rings. The number of aromatic nitrogens is 3. The van der Waals surface area contributed by atoms with E-state index in [0.717, 1.165) is 0 Å². The second kappa shape index (κ2) is 4.51. The van der Waals surface area contributed by atoms with Gasteiger partial charge >= 0.3 is 5.97 Å². The fourth-order valence-corrected chi connectivity index (χ4v) is 0.855. The number of nitrogens with one attached hydrogen (secondary N) is 2. The summed E-state index contributed by atoms with van der Waals surface area (Å²) in [5.41, 5.74) is 0. The largest absolute Gasteiger partial charge is 0.480 e. The average molecular weight is 215 g/mol. The molecule has 0 spiro atoms. The molecule has 0 aromatic carbocycles. The summed E-state index contributed by atoms with van der Waals surface area (Å²) in [6.07, 6.45) is 1.46. The Morgan fingerprint density at radius 2 is 2.50 bits per heavy atom. The lowest BCUT2D eigenvalue weighted by Crippen LogP contribution is -2.24. The third-order valence-electron chi connectivity index (χ3n) is 1.30. The Balaban J connectivity index is 2.59. The Kier molecular flexibility index (Phi) is 3.35. The smallest absolute Gasteiger partial charge is 0.325 e. The Labute approximate surface area is 85.1 Å². The number of carbonyl (C=O) groups is 1. The lowest BCUT2D eigenvalue weighted by molar-refractivity contribution is -0.137. The van der Waals surface area contributed by atoms with Crippen molar-refractivity contribution >= 4 is 29.1 Å². The second-order valence-corrected chi connectivity index (χ2v) is 2.81. The van der Waals surface area contributed by atoms with Gasteiger partial charge < -0.3 is 15.7 Å². The van der Waals surface area contributed by atoms with Crippen molar-refractivity contribution in [2.75, 3.05) is 12.4 Å². The van der Waals surface area contributed by atoms with Crippen LogP contribution >= 0.6 is 12.2 Å². The van der Waals surface area contributed by atoms with Crippen molar-refractivity contribution < 1.29 is 9.90 Å². The van der Waals surface area contributed by atoms with Gasteiger partial charge in [0.15, 0.2) is 10.9 Å². The van der Waals surface area contributed by atoms with Gasteiger partial charge in [-0.05, 0) is 12.2 Å². The minimum Gasteiger partial charge on any atom is -0.480 e. The van der Waals surface area contributed by atoms with Crippen molar-refractivity contribution in [3.8, 4) is 0 Å². The third kappa shape index (κ3) is 2.98. The highest BCUT2D eigenvalue weighted by molar-refractivity contribution is 7.80. The molecule has 8 heteroatoms. The molecule has 0 aliphatic carbocycles. The molecule has 0 radical (unpaired) electrons. The average Bonchev–Trinajstić information content (AvgIpc) is 2.51. The van der Waals surface area contributed by atoms with E-state index in [-0.39, 0.29) is 6.54 Å². The predicted molar refractivity (Wildman–Crippen MR) is 52.9 cm³/mol. The summed E-state index contributed by atoms with van der Waals surface area (Å²) < 4.78 is 1.20. The van der Waals surface area contributed by atoms with Crippen LogP contribution in [0.15, 0.2) is 6.20 Å². The van der Waals surface area contributed by atoms with Crippen LogP contribution in [-0.2, 0) is 11.3 Å². The number of hydrogen-bond acceptors (Lipinski definition) is 4. The van der Waals surface area contributed by atoms with Crippen LogP contribution in [0.3, 0.4) is 0 Å². The van der Waals surface area contributed by atoms with E-state index in [4.69, 9.17) is 17.3 Å². The van der Waals surface area contributed by atoms with Crippen molar-refractivity contribution in [3.05, 3.63) is 6.20 Å². The summed E-state index contributed by atoms with van der Waals surface area (Å²) in [4.78, 5) is 10.3. The molecular formula is C6H9N5O2S. The van der Waals surface area contributed by atoms with Crippen LogP contribution in [0.25, 0.3) is 0 Å². The third-order valence-corrected chi connectivity index (χ3v) is 1.61. The van der Waals surface area contributed by atoms with E-state index in [1.807, 2.05) is 0 Å². The summed E-state index contributed by atoms with van der Waals surface area (Å²) in [6.45, 7) is -0.221. The van der Waals surface area contributed by atoms with Gasteiger partial charge in [0.05, 0.1) is 6.20 Å². The van der Waals surface area contributed by atoms with E-state index < -0.39 is 5.97 Å².